The van der Waals surface area contributed by atoms with Gasteiger partial charge in [-0.25, -0.2) is 8.42 Å². The summed E-state index contributed by atoms with van der Waals surface area (Å²) in [7, 11) is -3.01. The van der Waals surface area contributed by atoms with Crippen LogP contribution in [0.25, 0.3) is 0 Å². The van der Waals surface area contributed by atoms with Crippen molar-refractivity contribution in [1.82, 2.24) is 4.31 Å². The van der Waals surface area contributed by atoms with Crippen molar-refractivity contribution in [2.24, 2.45) is 0 Å². The lowest BCUT2D eigenvalue weighted by Crippen LogP contribution is -2.50. The second kappa shape index (κ2) is 10.7. The van der Waals surface area contributed by atoms with E-state index < -0.39 is 27.9 Å². The average Bonchev–Trinajstić information content (AvgIpc) is 3.37. The number of methoxy groups -OCH3 is 1. The molecular formula is C26H24N2O7S. The fraction of sp³-hybridized carbons (Fsp3) is 0.231. The zero-order valence-electron chi connectivity index (χ0n) is 19.7. The van der Waals surface area contributed by atoms with E-state index in [1.807, 2.05) is 0 Å². The van der Waals surface area contributed by atoms with Crippen LogP contribution in [0.2, 0.25) is 0 Å². The third-order valence-corrected chi connectivity index (χ3v) is 7.55. The molecular weight excluding hydrogens is 484 g/mol. The molecule has 0 N–H and O–H groups in total. The number of sulfonamides is 1. The van der Waals surface area contributed by atoms with Crippen molar-refractivity contribution in [1.29, 1.82) is 0 Å². The molecule has 10 heteroatoms. The number of ether oxygens (including phenoxy) is 2. The maximum absolute atomic E-state index is 13.8. The van der Waals surface area contributed by atoms with Crippen molar-refractivity contribution >= 4 is 27.6 Å². The molecule has 2 aromatic carbocycles. The SMILES string of the molecule is CC#CCOc1ccc(S(=O)(=O)N2Cc3ccccc3N(C(=O)c3ccco3)CC2C(=O)OC)cc1. The van der Waals surface area contributed by atoms with Crippen LogP contribution in [-0.4, -0.2) is 50.9 Å². The Bertz CT molecular complexity index is 1400. The van der Waals surface area contributed by atoms with Crippen molar-refractivity contribution in [3.8, 4) is 17.6 Å². The van der Waals surface area contributed by atoms with Crippen LogP contribution in [-0.2, 0) is 26.1 Å². The molecule has 1 amide bonds. The molecule has 0 saturated heterocycles. The van der Waals surface area contributed by atoms with E-state index in [1.165, 1.54) is 48.6 Å². The summed E-state index contributed by atoms with van der Waals surface area (Å²) in [6.45, 7) is 1.46. The minimum atomic E-state index is -4.19. The van der Waals surface area contributed by atoms with Gasteiger partial charge < -0.3 is 18.8 Å². The summed E-state index contributed by atoms with van der Waals surface area (Å²) in [5.74, 6) is 4.71. The predicted octanol–water partition coefficient (Wildman–Crippen LogP) is 3.07. The van der Waals surface area contributed by atoms with Gasteiger partial charge in [-0.15, -0.1) is 5.92 Å². The number of carbonyl (C=O) groups excluding carboxylic acids is 2. The summed E-state index contributed by atoms with van der Waals surface area (Å²) in [4.78, 5) is 27.5. The molecule has 0 bridgehead atoms. The number of hydrogen-bond acceptors (Lipinski definition) is 7. The molecule has 1 aliphatic heterocycles. The highest BCUT2D eigenvalue weighted by atomic mass is 32.2. The molecule has 1 aliphatic rings. The first-order valence-electron chi connectivity index (χ1n) is 11.0. The summed E-state index contributed by atoms with van der Waals surface area (Å²) in [5.41, 5.74) is 1.02. The van der Waals surface area contributed by atoms with E-state index in [-0.39, 0.29) is 30.4 Å². The van der Waals surface area contributed by atoms with Crippen molar-refractivity contribution < 1.29 is 31.9 Å². The topological polar surface area (TPSA) is 106 Å². The molecule has 1 unspecified atom stereocenters. The molecule has 0 saturated carbocycles. The Morgan fingerprint density at radius 3 is 2.50 bits per heavy atom. The maximum atomic E-state index is 13.8. The molecule has 0 spiro atoms. The van der Waals surface area contributed by atoms with E-state index in [4.69, 9.17) is 13.9 Å². The third kappa shape index (κ3) is 4.98. The highest BCUT2D eigenvalue weighted by Crippen LogP contribution is 2.33. The number of esters is 1. The van der Waals surface area contributed by atoms with Crippen LogP contribution in [0.1, 0.15) is 23.0 Å². The third-order valence-electron chi connectivity index (χ3n) is 5.68. The smallest absolute Gasteiger partial charge is 0.326 e. The highest BCUT2D eigenvalue weighted by molar-refractivity contribution is 7.89. The Morgan fingerprint density at radius 2 is 1.83 bits per heavy atom. The molecule has 1 atom stereocenters. The number of benzene rings is 2. The van der Waals surface area contributed by atoms with Crippen molar-refractivity contribution in [2.75, 3.05) is 25.2 Å². The van der Waals surface area contributed by atoms with E-state index in [0.29, 0.717) is 17.0 Å². The van der Waals surface area contributed by atoms with Crippen molar-refractivity contribution in [3.05, 3.63) is 78.3 Å². The summed E-state index contributed by atoms with van der Waals surface area (Å²) in [5, 5.41) is 0. The van der Waals surface area contributed by atoms with Gasteiger partial charge in [-0.3, -0.25) is 9.59 Å². The molecule has 0 radical (unpaired) electrons. The number of para-hydroxylation sites is 1. The summed E-state index contributed by atoms with van der Waals surface area (Å²) >= 11 is 0. The Labute approximate surface area is 209 Å². The summed E-state index contributed by atoms with van der Waals surface area (Å²) in [6, 6.07) is 14.5. The first-order chi connectivity index (χ1) is 17.4. The Balaban J connectivity index is 1.74. The quantitative estimate of drug-likeness (QED) is 0.372. The second-order valence-corrected chi connectivity index (χ2v) is 9.69. The number of hydrogen-bond donors (Lipinski definition) is 0. The highest BCUT2D eigenvalue weighted by Gasteiger charge is 2.42. The lowest BCUT2D eigenvalue weighted by Gasteiger charge is -2.29. The zero-order valence-corrected chi connectivity index (χ0v) is 20.5. The maximum Gasteiger partial charge on any atom is 0.326 e. The van der Waals surface area contributed by atoms with Gasteiger partial charge in [-0.1, -0.05) is 24.1 Å². The number of anilines is 1. The first kappa shape index (κ1) is 25.0. The number of furan rings is 1. The number of fused-ring (bicyclic) bond motifs is 1. The number of rotatable bonds is 6. The summed E-state index contributed by atoms with van der Waals surface area (Å²) < 4.78 is 44.3. The van der Waals surface area contributed by atoms with E-state index >= 15 is 0 Å². The van der Waals surface area contributed by atoms with Crippen molar-refractivity contribution in [2.45, 2.75) is 24.4 Å². The van der Waals surface area contributed by atoms with E-state index in [2.05, 4.69) is 11.8 Å². The van der Waals surface area contributed by atoms with E-state index in [1.54, 1.807) is 37.3 Å². The van der Waals surface area contributed by atoms with Crippen LogP contribution < -0.4 is 9.64 Å². The van der Waals surface area contributed by atoms with E-state index in [0.717, 1.165) is 4.31 Å². The average molecular weight is 509 g/mol. The van der Waals surface area contributed by atoms with Crippen molar-refractivity contribution in [3.63, 3.8) is 0 Å². The van der Waals surface area contributed by atoms with Crippen LogP contribution in [0.3, 0.4) is 0 Å². The van der Waals surface area contributed by atoms with Gasteiger partial charge in [0.2, 0.25) is 10.0 Å². The van der Waals surface area contributed by atoms with Gasteiger partial charge in [-0.05, 0) is 55.0 Å². The fourth-order valence-corrected chi connectivity index (χ4v) is 5.44. The minimum absolute atomic E-state index is 0.0337. The first-order valence-corrected chi connectivity index (χ1v) is 12.5. The van der Waals surface area contributed by atoms with Gasteiger partial charge in [0.05, 0.1) is 24.8 Å². The van der Waals surface area contributed by atoms with Gasteiger partial charge >= 0.3 is 5.97 Å². The van der Waals surface area contributed by atoms with Crippen LogP contribution in [0.5, 0.6) is 5.75 Å². The Kier molecular flexibility index (Phi) is 7.43. The molecule has 4 rings (SSSR count). The number of carbonyl (C=O) groups is 2. The second-order valence-electron chi connectivity index (χ2n) is 7.80. The molecule has 186 valence electrons. The fourth-order valence-electron chi connectivity index (χ4n) is 3.89. The lowest BCUT2D eigenvalue weighted by atomic mass is 10.1. The van der Waals surface area contributed by atoms with Gasteiger partial charge in [0.25, 0.3) is 5.91 Å². The zero-order chi connectivity index (χ0) is 25.7. The monoisotopic (exact) mass is 508 g/mol. The molecule has 36 heavy (non-hydrogen) atoms. The van der Waals surface area contributed by atoms with Crippen LogP contribution in [0, 0.1) is 11.8 Å². The minimum Gasteiger partial charge on any atom is -0.481 e. The van der Waals surface area contributed by atoms with Crippen LogP contribution >= 0.6 is 0 Å². The molecule has 3 aromatic rings. The molecule has 0 fully saturated rings. The molecule has 0 aliphatic carbocycles. The molecule has 2 heterocycles. The van der Waals surface area contributed by atoms with Gasteiger partial charge in [0.15, 0.2) is 5.76 Å². The normalized spacial score (nSPS) is 15.7. The number of amides is 1. The van der Waals surface area contributed by atoms with Crippen LogP contribution in [0.15, 0.2) is 76.2 Å². The Morgan fingerprint density at radius 1 is 1.08 bits per heavy atom. The van der Waals surface area contributed by atoms with E-state index in [9.17, 15) is 18.0 Å². The van der Waals surface area contributed by atoms with Crippen LogP contribution in [0.4, 0.5) is 5.69 Å². The predicted molar refractivity (Wildman–Crippen MR) is 131 cm³/mol. The largest absolute Gasteiger partial charge is 0.481 e. The Hall–Kier alpha value is -4.07. The van der Waals surface area contributed by atoms with Gasteiger partial charge in [0.1, 0.15) is 18.4 Å². The number of nitrogens with zero attached hydrogens (tertiary/aromatic N) is 2. The summed E-state index contributed by atoms with van der Waals surface area (Å²) in [6.07, 6.45) is 1.37. The molecule has 9 nitrogen and oxygen atoms in total. The molecule has 1 aromatic heterocycles. The lowest BCUT2D eigenvalue weighted by molar-refractivity contribution is -0.144. The standard InChI is InChI=1S/C26H24N2O7S/c1-3-4-15-34-20-11-13-21(14-12-20)36(31,32)28-17-19-8-5-6-9-22(19)27(18-23(28)26(30)33-2)25(29)24-10-7-16-35-24/h5-14,16,23H,15,17-18H2,1-2H3. The van der Waals surface area contributed by atoms with Gasteiger partial charge in [-0.2, -0.15) is 4.31 Å². The van der Waals surface area contributed by atoms with Gasteiger partial charge in [0, 0.05) is 12.2 Å².